The summed E-state index contributed by atoms with van der Waals surface area (Å²) in [5.74, 6) is 0.591. The minimum absolute atomic E-state index is 0.361. The molecule has 1 heterocycles. The summed E-state index contributed by atoms with van der Waals surface area (Å²) in [6.07, 6.45) is 9.43. The van der Waals surface area contributed by atoms with Crippen molar-refractivity contribution in [3.63, 3.8) is 0 Å². The molecule has 1 aliphatic carbocycles. The summed E-state index contributed by atoms with van der Waals surface area (Å²) >= 11 is 0. The van der Waals surface area contributed by atoms with Crippen molar-refractivity contribution in [3.05, 3.63) is 47.5 Å². The average molecular weight is 255 g/mol. The van der Waals surface area contributed by atoms with E-state index in [1.165, 1.54) is 31.2 Å². The van der Waals surface area contributed by atoms with Crippen molar-refractivity contribution in [1.82, 2.24) is 4.90 Å². The number of rotatable bonds is 3. The third-order valence-electron chi connectivity index (χ3n) is 4.58. The standard InChI is InChI=1S/C17H21NO/c19-13-18-11-10-15-8-4-5-9-16(15)17(18)12-14-6-2-1-3-7-14/h1-3,6-7,10,13,16-17H,4-5,8-9,11-12H2. The average Bonchev–Trinajstić information content (AvgIpc) is 2.49. The number of fused-ring (bicyclic) bond motifs is 1. The van der Waals surface area contributed by atoms with Crippen LogP contribution in [0.15, 0.2) is 42.0 Å². The van der Waals surface area contributed by atoms with Gasteiger partial charge in [-0.3, -0.25) is 4.79 Å². The summed E-state index contributed by atoms with van der Waals surface area (Å²) in [5, 5.41) is 0. The smallest absolute Gasteiger partial charge is 0.210 e. The van der Waals surface area contributed by atoms with Gasteiger partial charge in [0.15, 0.2) is 0 Å². The Bertz CT molecular complexity index is 465. The Morgan fingerprint density at radius 2 is 2.05 bits per heavy atom. The molecule has 0 bridgehead atoms. The monoisotopic (exact) mass is 255 g/mol. The van der Waals surface area contributed by atoms with Crippen molar-refractivity contribution in [2.24, 2.45) is 5.92 Å². The minimum atomic E-state index is 0.361. The largest absolute Gasteiger partial charge is 0.338 e. The number of hydrogen-bond donors (Lipinski definition) is 0. The lowest BCUT2D eigenvalue weighted by molar-refractivity contribution is -0.121. The Morgan fingerprint density at radius 1 is 1.21 bits per heavy atom. The van der Waals surface area contributed by atoms with E-state index < -0.39 is 0 Å². The SMILES string of the molecule is O=CN1CC=C2CCCCC2C1Cc1ccccc1. The van der Waals surface area contributed by atoms with Crippen molar-refractivity contribution in [1.29, 1.82) is 0 Å². The Hall–Kier alpha value is -1.57. The number of nitrogens with zero attached hydrogens (tertiary/aromatic N) is 1. The molecule has 100 valence electrons. The topological polar surface area (TPSA) is 20.3 Å². The molecule has 2 unspecified atom stereocenters. The van der Waals surface area contributed by atoms with Gasteiger partial charge < -0.3 is 4.90 Å². The first-order valence-electron chi connectivity index (χ1n) is 7.32. The molecule has 3 rings (SSSR count). The second-order valence-corrected chi connectivity index (χ2v) is 5.69. The predicted octanol–water partition coefficient (Wildman–Crippen LogP) is 3.19. The number of benzene rings is 1. The fraction of sp³-hybridized carbons (Fsp3) is 0.471. The molecule has 0 saturated heterocycles. The van der Waals surface area contributed by atoms with Crippen molar-refractivity contribution in [2.75, 3.05) is 6.54 Å². The molecule has 19 heavy (non-hydrogen) atoms. The first-order valence-corrected chi connectivity index (χ1v) is 7.32. The summed E-state index contributed by atoms with van der Waals surface area (Å²) in [4.78, 5) is 13.3. The molecule has 1 aromatic rings. The van der Waals surface area contributed by atoms with Crippen LogP contribution < -0.4 is 0 Å². The van der Waals surface area contributed by atoms with Crippen molar-refractivity contribution < 1.29 is 4.79 Å². The third kappa shape index (κ3) is 2.58. The lowest BCUT2D eigenvalue weighted by Gasteiger charge is -2.42. The Balaban J connectivity index is 1.83. The van der Waals surface area contributed by atoms with Gasteiger partial charge in [0, 0.05) is 18.5 Å². The van der Waals surface area contributed by atoms with Crippen LogP contribution in [0.2, 0.25) is 0 Å². The number of carbonyl (C=O) groups is 1. The van der Waals surface area contributed by atoms with Crippen LogP contribution in [0.1, 0.15) is 31.2 Å². The predicted molar refractivity (Wildman–Crippen MR) is 76.7 cm³/mol. The van der Waals surface area contributed by atoms with Crippen LogP contribution in [0.3, 0.4) is 0 Å². The van der Waals surface area contributed by atoms with E-state index >= 15 is 0 Å². The highest BCUT2D eigenvalue weighted by molar-refractivity contribution is 5.50. The highest BCUT2D eigenvalue weighted by atomic mass is 16.1. The lowest BCUT2D eigenvalue weighted by atomic mass is 9.75. The molecule has 0 spiro atoms. The number of amides is 1. The van der Waals surface area contributed by atoms with Crippen LogP contribution in [0.5, 0.6) is 0 Å². The van der Waals surface area contributed by atoms with Gasteiger partial charge in [-0.1, -0.05) is 48.4 Å². The molecule has 1 aliphatic heterocycles. The Labute approximate surface area is 115 Å². The van der Waals surface area contributed by atoms with Crippen molar-refractivity contribution in [2.45, 2.75) is 38.1 Å². The van der Waals surface area contributed by atoms with Gasteiger partial charge in [-0.25, -0.2) is 0 Å². The van der Waals surface area contributed by atoms with E-state index in [9.17, 15) is 4.79 Å². The maximum absolute atomic E-state index is 11.3. The third-order valence-corrected chi connectivity index (χ3v) is 4.58. The summed E-state index contributed by atoms with van der Waals surface area (Å²) in [5.41, 5.74) is 2.94. The fourth-order valence-corrected chi connectivity index (χ4v) is 3.58. The highest BCUT2D eigenvalue weighted by Gasteiger charge is 2.33. The van der Waals surface area contributed by atoms with Crippen LogP contribution in [0.25, 0.3) is 0 Å². The molecular weight excluding hydrogens is 234 g/mol. The summed E-state index contributed by atoms with van der Waals surface area (Å²) < 4.78 is 0. The van der Waals surface area contributed by atoms with E-state index in [1.54, 1.807) is 5.57 Å². The fourth-order valence-electron chi connectivity index (χ4n) is 3.58. The van der Waals surface area contributed by atoms with Gasteiger partial charge in [-0.05, 0) is 31.2 Å². The normalized spacial score (nSPS) is 26.5. The maximum Gasteiger partial charge on any atom is 0.210 e. The first kappa shape index (κ1) is 12.5. The molecule has 0 aromatic heterocycles. The molecule has 1 aromatic carbocycles. The Morgan fingerprint density at radius 3 is 2.84 bits per heavy atom. The summed E-state index contributed by atoms with van der Waals surface area (Å²) in [6, 6.07) is 10.9. The van der Waals surface area contributed by atoms with E-state index in [4.69, 9.17) is 0 Å². The molecule has 0 N–H and O–H groups in total. The van der Waals surface area contributed by atoms with Crippen molar-refractivity contribution >= 4 is 6.41 Å². The van der Waals surface area contributed by atoms with Crippen LogP contribution in [-0.2, 0) is 11.2 Å². The van der Waals surface area contributed by atoms with Gasteiger partial charge in [0.25, 0.3) is 0 Å². The molecule has 1 amide bonds. The van der Waals surface area contributed by atoms with E-state index in [0.29, 0.717) is 12.0 Å². The zero-order chi connectivity index (χ0) is 13.1. The van der Waals surface area contributed by atoms with E-state index in [1.807, 2.05) is 11.0 Å². The number of carbonyl (C=O) groups excluding carboxylic acids is 1. The van der Waals surface area contributed by atoms with Gasteiger partial charge in [0.05, 0.1) is 0 Å². The second-order valence-electron chi connectivity index (χ2n) is 5.69. The van der Waals surface area contributed by atoms with Crippen LogP contribution in [0, 0.1) is 5.92 Å². The molecule has 2 aliphatic rings. The summed E-state index contributed by atoms with van der Waals surface area (Å²) in [7, 11) is 0. The van der Waals surface area contributed by atoms with Crippen molar-refractivity contribution in [3.8, 4) is 0 Å². The van der Waals surface area contributed by atoms with Crippen LogP contribution in [0.4, 0.5) is 0 Å². The van der Waals surface area contributed by atoms with Gasteiger partial charge in [0.1, 0.15) is 0 Å². The molecule has 2 nitrogen and oxygen atoms in total. The van der Waals surface area contributed by atoms with Crippen LogP contribution >= 0.6 is 0 Å². The zero-order valence-corrected chi connectivity index (χ0v) is 11.3. The first-order chi connectivity index (χ1) is 9.38. The van der Waals surface area contributed by atoms with E-state index in [2.05, 4.69) is 30.3 Å². The molecule has 2 atom stereocenters. The van der Waals surface area contributed by atoms with Gasteiger partial charge in [-0.2, -0.15) is 0 Å². The quantitative estimate of drug-likeness (QED) is 0.600. The molecular formula is C17H21NO. The van der Waals surface area contributed by atoms with E-state index in [-0.39, 0.29) is 0 Å². The number of hydrogen-bond acceptors (Lipinski definition) is 1. The second kappa shape index (κ2) is 5.60. The molecule has 1 fully saturated rings. The highest BCUT2D eigenvalue weighted by Crippen LogP contribution is 2.37. The molecule has 0 radical (unpaired) electrons. The lowest BCUT2D eigenvalue weighted by Crippen LogP contribution is -2.46. The molecule has 1 saturated carbocycles. The minimum Gasteiger partial charge on any atom is -0.338 e. The Kier molecular flexibility index (Phi) is 3.67. The zero-order valence-electron chi connectivity index (χ0n) is 11.3. The summed E-state index contributed by atoms with van der Waals surface area (Å²) in [6.45, 7) is 0.798. The van der Waals surface area contributed by atoms with E-state index in [0.717, 1.165) is 19.4 Å². The maximum atomic E-state index is 11.3. The van der Waals surface area contributed by atoms with Gasteiger partial charge in [0.2, 0.25) is 6.41 Å². The van der Waals surface area contributed by atoms with Crippen LogP contribution in [-0.4, -0.2) is 23.9 Å². The van der Waals surface area contributed by atoms with Gasteiger partial charge >= 0.3 is 0 Å². The van der Waals surface area contributed by atoms with Gasteiger partial charge in [-0.15, -0.1) is 0 Å². The molecule has 2 heteroatoms.